The van der Waals surface area contributed by atoms with Gasteiger partial charge < -0.3 is 9.84 Å². The summed E-state index contributed by atoms with van der Waals surface area (Å²) in [5, 5.41) is 7.65. The van der Waals surface area contributed by atoms with E-state index in [9.17, 15) is 0 Å². The maximum Gasteiger partial charge on any atom is 0.240 e. The molecule has 1 saturated carbocycles. The van der Waals surface area contributed by atoms with Crippen LogP contribution in [0.25, 0.3) is 0 Å². The van der Waals surface area contributed by atoms with E-state index in [4.69, 9.17) is 4.52 Å². The average molecular weight is 264 g/mol. The Morgan fingerprint density at radius 2 is 2.05 bits per heavy atom. The summed E-state index contributed by atoms with van der Waals surface area (Å²) >= 11 is 0. The van der Waals surface area contributed by atoms with E-state index in [2.05, 4.69) is 20.4 Å². The molecule has 0 atom stereocenters. The Labute approximate surface area is 114 Å². The molecule has 1 N–H and O–H groups in total. The number of nitrogens with zero attached hydrogens (tertiary/aromatic N) is 3. The van der Waals surface area contributed by atoms with Gasteiger partial charge in [-0.2, -0.15) is 4.98 Å². The number of hydrogen-bond acceptors (Lipinski definition) is 5. The second-order valence-corrected chi connectivity index (χ2v) is 5.86. The predicted molar refractivity (Wildman–Crippen MR) is 72.7 cm³/mol. The largest absolute Gasteiger partial charge is 0.338 e. The highest BCUT2D eigenvalue weighted by atomic mass is 16.5. The number of hydrogen-bond donors (Lipinski definition) is 1. The number of nitrogens with one attached hydrogen (secondary N) is 1. The van der Waals surface area contributed by atoms with Gasteiger partial charge in [0.15, 0.2) is 5.82 Å². The number of likely N-dealkylation sites (tertiary alicyclic amines) is 1. The molecule has 2 aliphatic rings. The van der Waals surface area contributed by atoms with Crippen LogP contribution in [0.3, 0.4) is 0 Å². The molecule has 1 aromatic heterocycles. The van der Waals surface area contributed by atoms with Crippen molar-refractivity contribution in [3.05, 3.63) is 11.7 Å². The molecule has 3 rings (SSSR count). The Kier molecular flexibility index (Phi) is 4.13. The molecule has 5 nitrogen and oxygen atoms in total. The van der Waals surface area contributed by atoms with Crippen LogP contribution < -0.4 is 5.32 Å². The predicted octanol–water partition coefficient (Wildman–Crippen LogP) is 1.60. The summed E-state index contributed by atoms with van der Waals surface area (Å²) in [6.07, 6.45) is 6.19. The first-order chi connectivity index (χ1) is 9.33. The van der Waals surface area contributed by atoms with Crippen LogP contribution in [-0.2, 0) is 13.0 Å². The van der Waals surface area contributed by atoms with Gasteiger partial charge in [-0.25, -0.2) is 0 Å². The molecule has 0 bridgehead atoms. The summed E-state index contributed by atoms with van der Waals surface area (Å²) in [4.78, 5) is 6.79. The lowest BCUT2D eigenvalue weighted by Gasteiger charge is -2.31. The van der Waals surface area contributed by atoms with Crippen molar-refractivity contribution in [3.8, 4) is 0 Å². The first-order valence-corrected chi connectivity index (χ1v) is 7.60. The zero-order valence-electron chi connectivity index (χ0n) is 11.8. The summed E-state index contributed by atoms with van der Waals surface area (Å²) < 4.78 is 5.25. The lowest BCUT2D eigenvalue weighted by molar-refractivity contribution is 0.170. The fourth-order valence-corrected chi connectivity index (χ4v) is 2.64. The van der Waals surface area contributed by atoms with Crippen LogP contribution in [0.4, 0.5) is 0 Å². The number of piperidine rings is 1. The van der Waals surface area contributed by atoms with Crippen molar-refractivity contribution in [2.45, 2.75) is 51.6 Å². The van der Waals surface area contributed by atoms with E-state index in [1.807, 2.05) is 6.92 Å². The van der Waals surface area contributed by atoms with Gasteiger partial charge in [0, 0.05) is 25.6 Å². The van der Waals surface area contributed by atoms with Gasteiger partial charge in [-0.3, -0.25) is 4.90 Å². The minimum absolute atomic E-state index is 0.714. The minimum Gasteiger partial charge on any atom is -0.338 e. The third-order valence-corrected chi connectivity index (χ3v) is 4.16. The molecule has 0 aromatic carbocycles. The highest BCUT2D eigenvalue weighted by molar-refractivity contribution is 4.87. The van der Waals surface area contributed by atoms with E-state index >= 15 is 0 Å². The molecule has 2 heterocycles. The molecule has 0 radical (unpaired) electrons. The Hall–Kier alpha value is -0.940. The molecule has 1 saturated heterocycles. The van der Waals surface area contributed by atoms with Crippen LogP contribution in [0.2, 0.25) is 0 Å². The lowest BCUT2D eigenvalue weighted by Crippen LogP contribution is -2.42. The van der Waals surface area contributed by atoms with E-state index in [0.717, 1.165) is 43.7 Å². The third-order valence-electron chi connectivity index (χ3n) is 4.16. The third kappa shape index (κ3) is 3.76. The molecule has 0 unspecified atom stereocenters. The van der Waals surface area contributed by atoms with Crippen molar-refractivity contribution in [1.29, 1.82) is 0 Å². The number of aryl methyl sites for hydroxylation is 1. The molecule has 0 spiro atoms. The van der Waals surface area contributed by atoms with Crippen molar-refractivity contribution in [2.75, 3.05) is 19.6 Å². The highest BCUT2D eigenvalue weighted by Gasteiger charge is 2.24. The van der Waals surface area contributed by atoms with Crippen LogP contribution in [0.5, 0.6) is 0 Å². The van der Waals surface area contributed by atoms with Gasteiger partial charge in [-0.1, -0.05) is 12.1 Å². The van der Waals surface area contributed by atoms with E-state index in [1.165, 1.54) is 32.2 Å². The van der Waals surface area contributed by atoms with Crippen molar-refractivity contribution in [2.24, 2.45) is 5.92 Å². The van der Waals surface area contributed by atoms with Crippen molar-refractivity contribution in [3.63, 3.8) is 0 Å². The normalized spacial score (nSPS) is 21.9. The molecular weight excluding hydrogens is 240 g/mol. The van der Waals surface area contributed by atoms with Crippen LogP contribution in [0, 0.1) is 5.92 Å². The second kappa shape index (κ2) is 6.01. The van der Waals surface area contributed by atoms with E-state index in [-0.39, 0.29) is 0 Å². The van der Waals surface area contributed by atoms with E-state index < -0.39 is 0 Å². The maximum absolute atomic E-state index is 5.25. The first-order valence-electron chi connectivity index (χ1n) is 7.60. The van der Waals surface area contributed by atoms with Gasteiger partial charge in [0.25, 0.3) is 0 Å². The summed E-state index contributed by atoms with van der Waals surface area (Å²) in [5.74, 6) is 2.56. The van der Waals surface area contributed by atoms with Gasteiger partial charge >= 0.3 is 0 Å². The lowest BCUT2D eigenvalue weighted by atomic mass is 10.0. The summed E-state index contributed by atoms with van der Waals surface area (Å²) in [6, 6.07) is 0.714. The van der Waals surface area contributed by atoms with Crippen LogP contribution in [-0.4, -0.2) is 40.7 Å². The van der Waals surface area contributed by atoms with E-state index in [1.54, 1.807) is 0 Å². The van der Waals surface area contributed by atoms with Crippen molar-refractivity contribution in [1.82, 2.24) is 20.4 Å². The van der Waals surface area contributed by atoms with Gasteiger partial charge in [0.05, 0.1) is 6.54 Å². The van der Waals surface area contributed by atoms with Crippen LogP contribution in [0.1, 0.15) is 44.3 Å². The average Bonchev–Trinajstić information content (AvgIpc) is 3.17. The topological polar surface area (TPSA) is 54.2 Å². The minimum atomic E-state index is 0.714. The Morgan fingerprint density at radius 1 is 1.26 bits per heavy atom. The van der Waals surface area contributed by atoms with Crippen LogP contribution in [0.15, 0.2) is 4.52 Å². The zero-order chi connectivity index (χ0) is 13.1. The quantitative estimate of drug-likeness (QED) is 0.845. The van der Waals surface area contributed by atoms with Gasteiger partial charge in [0.2, 0.25) is 5.89 Å². The summed E-state index contributed by atoms with van der Waals surface area (Å²) in [7, 11) is 0. The SMILES string of the molecule is CCc1noc(CN2CCC(NCC3CC3)CC2)n1. The maximum atomic E-state index is 5.25. The smallest absolute Gasteiger partial charge is 0.240 e. The Balaban J connectivity index is 1.39. The number of rotatable bonds is 6. The molecule has 0 amide bonds. The molecule has 5 heteroatoms. The molecule has 1 aliphatic carbocycles. The number of aromatic nitrogens is 2. The standard InChI is InChI=1S/C14H24N4O/c1-2-13-16-14(19-17-13)10-18-7-5-12(6-8-18)15-9-11-3-4-11/h11-12,15H,2-10H2,1H3. The van der Waals surface area contributed by atoms with E-state index in [0.29, 0.717) is 6.04 Å². The Bertz CT molecular complexity index is 394. The summed E-state index contributed by atoms with van der Waals surface area (Å²) in [5.41, 5.74) is 0. The molecule has 2 fully saturated rings. The van der Waals surface area contributed by atoms with Crippen LogP contribution >= 0.6 is 0 Å². The monoisotopic (exact) mass is 264 g/mol. The fraction of sp³-hybridized carbons (Fsp3) is 0.857. The summed E-state index contributed by atoms with van der Waals surface area (Å²) in [6.45, 7) is 6.35. The van der Waals surface area contributed by atoms with Gasteiger partial charge in [-0.05, 0) is 38.1 Å². The molecule has 1 aliphatic heterocycles. The van der Waals surface area contributed by atoms with Crippen molar-refractivity contribution < 1.29 is 4.52 Å². The fourth-order valence-electron chi connectivity index (χ4n) is 2.64. The van der Waals surface area contributed by atoms with Crippen molar-refractivity contribution >= 4 is 0 Å². The Morgan fingerprint density at radius 3 is 2.68 bits per heavy atom. The molecule has 106 valence electrons. The second-order valence-electron chi connectivity index (χ2n) is 5.86. The molecule has 1 aromatic rings. The molecule has 19 heavy (non-hydrogen) atoms. The first kappa shape index (κ1) is 13.1. The van der Waals surface area contributed by atoms with Gasteiger partial charge in [0.1, 0.15) is 0 Å². The highest BCUT2D eigenvalue weighted by Crippen LogP contribution is 2.28. The molecular formula is C14H24N4O. The zero-order valence-corrected chi connectivity index (χ0v) is 11.8. The van der Waals surface area contributed by atoms with Gasteiger partial charge in [-0.15, -0.1) is 0 Å².